The van der Waals surface area contributed by atoms with Crippen LogP contribution in [0.3, 0.4) is 0 Å². The Labute approximate surface area is 188 Å². The molecule has 0 saturated carbocycles. The summed E-state index contributed by atoms with van der Waals surface area (Å²) in [7, 11) is -5.58. The monoisotopic (exact) mass is 484 g/mol. The molecule has 0 bridgehead atoms. The lowest BCUT2D eigenvalue weighted by atomic mass is 10.1. The van der Waals surface area contributed by atoms with Crippen molar-refractivity contribution in [2.45, 2.75) is 30.8 Å². The van der Waals surface area contributed by atoms with Gasteiger partial charge < -0.3 is 4.90 Å². The van der Waals surface area contributed by atoms with Crippen LogP contribution in [0.4, 0.5) is 0 Å². The van der Waals surface area contributed by atoms with E-state index < -0.39 is 31.8 Å². The third kappa shape index (κ3) is 5.28. The number of carbonyl (C=O) groups excluding carboxylic acids is 1. The number of benzene rings is 2. The van der Waals surface area contributed by atoms with Crippen LogP contribution in [-0.4, -0.2) is 63.1 Å². The quantitative estimate of drug-likeness (QED) is 0.602. The highest BCUT2D eigenvalue weighted by atomic mass is 35.5. The lowest BCUT2D eigenvalue weighted by Crippen LogP contribution is -2.41. The van der Waals surface area contributed by atoms with Gasteiger partial charge in [0.2, 0.25) is 10.0 Å². The van der Waals surface area contributed by atoms with Crippen molar-refractivity contribution < 1.29 is 21.6 Å². The summed E-state index contributed by atoms with van der Waals surface area (Å²) in [6, 6.07) is 12.8. The van der Waals surface area contributed by atoms with Crippen molar-refractivity contribution in [3.8, 4) is 0 Å². The maximum Gasteiger partial charge on any atom is 0.255 e. The van der Waals surface area contributed by atoms with E-state index in [1.165, 1.54) is 34.5 Å². The Balaban J connectivity index is 1.89. The van der Waals surface area contributed by atoms with Gasteiger partial charge in [0.1, 0.15) is 0 Å². The molecule has 1 atom stereocenters. The van der Waals surface area contributed by atoms with E-state index in [2.05, 4.69) is 0 Å². The van der Waals surface area contributed by atoms with Crippen molar-refractivity contribution >= 4 is 37.4 Å². The normalized spacial score (nSPS) is 18.3. The lowest BCUT2D eigenvalue weighted by Gasteiger charge is -2.27. The molecule has 7 nitrogen and oxygen atoms in total. The van der Waals surface area contributed by atoms with E-state index in [9.17, 15) is 21.6 Å². The summed E-state index contributed by atoms with van der Waals surface area (Å²) in [5.41, 5.74) is 0.875. The van der Waals surface area contributed by atoms with E-state index in [1.807, 2.05) is 30.3 Å². The minimum atomic E-state index is -3.87. The minimum Gasteiger partial charge on any atom is -0.335 e. The van der Waals surface area contributed by atoms with Crippen LogP contribution in [-0.2, 0) is 26.4 Å². The van der Waals surface area contributed by atoms with Crippen LogP contribution in [0.2, 0.25) is 5.02 Å². The fourth-order valence-electron chi connectivity index (χ4n) is 3.68. The van der Waals surface area contributed by atoms with Crippen LogP contribution in [0, 0.1) is 0 Å². The van der Waals surface area contributed by atoms with E-state index >= 15 is 0 Å². The van der Waals surface area contributed by atoms with Crippen molar-refractivity contribution in [3.05, 3.63) is 64.7 Å². The number of rotatable bonds is 7. The number of carbonyl (C=O) groups is 1. The first kappa shape index (κ1) is 23.7. The molecule has 2 aromatic carbocycles. The fraction of sp³-hybridized carbons (Fsp3) is 0.381. The summed E-state index contributed by atoms with van der Waals surface area (Å²) >= 11 is 6.24. The molecule has 168 valence electrons. The lowest BCUT2D eigenvalue weighted by molar-refractivity contribution is 0.0708. The molecule has 0 radical (unpaired) electrons. The van der Waals surface area contributed by atoms with Gasteiger partial charge in [-0.1, -0.05) is 41.9 Å². The Bertz CT molecular complexity index is 1170. The molecular weight excluding hydrogens is 460 g/mol. The van der Waals surface area contributed by atoms with E-state index in [0.29, 0.717) is 13.0 Å². The molecule has 0 N–H and O–H groups in total. The van der Waals surface area contributed by atoms with Gasteiger partial charge in [0.25, 0.3) is 5.91 Å². The molecule has 0 spiro atoms. The Morgan fingerprint density at radius 3 is 2.42 bits per heavy atom. The van der Waals surface area contributed by atoms with Crippen molar-refractivity contribution in [1.82, 2.24) is 9.21 Å². The Morgan fingerprint density at radius 1 is 1.16 bits per heavy atom. The first-order valence-electron chi connectivity index (χ1n) is 9.86. The average Bonchev–Trinajstić information content (AvgIpc) is 3.08. The van der Waals surface area contributed by atoms with Crippen molar-refractivity contribution in [2.75, 3.05) is 25.1 Å². The van der Waals surface area contributed by atoms with E-state index in [-0.39, 0.29) is 33.5 Å². The molecule has 1 aliphatic heterocycles. The highest BCUT2D eigenvalue weighted by Gasteiger charge is 2.35. The number of hydrogen-bond acceptors (Lipinski definition) is 5. The Kier molecular flexibility index (Phi) is 7.10. The van der Waals surface area contributed by atoms with E-state index in [1.54, 1.807) is 6.92 Å². The maximum atomic E-state index is 13.2. The second kappa shape index (κ2) is 9.28. The fourth-order valence-corrected chi connectivity index (χ4v) is 6.79. The third-order valence-corrected chi connectivity index (χ3v) is 9.25. The van der Waals surface area contributed by atoms with Crippen molar-refractivity contribution in [3.63, 3.8) is 0 Å². The zero-order valence-corrected chi connectivity index (χ0v) is 19.8. The number of sulfonamides is 1. The van der Waals surface area contributed by atoms with Crippen LogP contribution >= 0.6 is 11.6 Å². The molecule has 31 heavy (non-hydrogen) atoms. The molecule has 1 aliphatic rings. The van der Waals surface area contributed by atoms with Gasteiger partial charge in [0, 0.05) is 26.2 Å². The summed E-state index contributed by atoms with van der Waals surface area (Å²) in [5.74, 6) is -0.534. The molecular formula is C21H25ClN2O5S2. The summed E-state index contributed by atoms with van der Waals surface area (Å²) in [6.07, 6.45) is 0.358. The van der Waals surface area contributed by atoms with Gasteiger partial charge in [-0.2, -0.15) is 4.31 Å². The predicted molar refractivity (Wildman–Crippen MR) is 120 cm³/mol. The molecule has 1 fully saturated rings. The number of amides is 1. The van der Waals surface area contributed by atoms with Crippen LogP contribution in [0.1, 0.15) is 29.3 Å². The molecule has 2 aromatic rings. The van der Waals surface area contributed by atoms with Crippen LogP contribution in [0.25, 0.3) is 0 Å². The Hall–Kier alpha value is -1.94. The third-order valence-electron chi connectivity index (χ3n) is 5.38. The van der Waals surface area contributed by atoms with Gasteiger partial charge in [0.15, 0.2) is 9.84 Å². The zero-order valence-electron chi connectivity index (χ0n) is 17.4. The van der Waals surface area contributed by atoms with Crippen LogP contribution < -0.4 is 0 Å². The standard InChI is InChI=1S/C21H25ClN2O5S2/c1-3-24(17-11-12-30(26,27)15-17)21(25)19-13-18(9-10-20(19)22)31(28,29)23(2)14-16-7-5-4-6-8-16/h4-10,13,17H,3,11-12,14-15H2,1-2H3/t17-/m1/s1. The molecule has 0 aromatic heterocycles. The van der Waals surface area contributed by atoms with Crippen LogP contribution in [0.15, 0.2) is 53.4 Å². The number of sulfone groups is 1. The minimum absolute atomic E-state index is 0.0356. The van der Waals surface area contributed by atoms with Gasteiger partial charge in [-0.15, -0.1) is 0 Å². The number of nitrogens with zero attached hydrogens (tertiary/aromatic N) is 2. The summed E-state index contributed by atoms with van der Waals surface area (Å²) in [5, 5.41) is 0.119. The highest BCUT2D eigenvalue weighted by molar-refractivity contribution is 7.91. The zero-order chi connectivity index (χ0) is 22.8. The van der Waals surface area contributed by atoms with Gasteiger partial charge in [-0.3, -0.25) is 4.79 Å². The molecule has 0 aliphatic carbocycles. The maximum absolute atomic E-state index is 13.2. The SMILES string of the molecule is CCN(C(=O)c1cc(S(=O)(=O)N(C)Cc2ccccc2)ccc1Cl)[C@@H]1CCS(=O)(=O)C1. The number of halogens is 1. The molecule has 10 heteroatoms. The van der Waals surface area contributed by atoms with Crippen molar-refractivity contribution in [2.24, 2.45) is 0 Å². The average molecular weight is 485 g/mol. The second-order valence-corrected chi connectivity index (χ2v) is 12.2. The molecule has 0 unspecified atom stereocenters. The van der Waals surface area contributed by atoms with Gasteiger partial charge in [-0.25, -0.2) is 16.8 Å². The summed E-state index contributed by atoms with van der Waals surface area (Å²) in [6.45, 7) is 2.22. The van der Waals surface area contributed by atoms with Gasteiger partial charge in [-0.05, 0) is 37.1 Å². The van der Waals surface area contributed by atoms with Gasteiger partial charge >= 0.3 is 0 Å². The molecule has 1 amide bonds. The Morgan fingerprint density at radius 2 is 1.84 bits per heavy atom. The van der Waals surface area contributed by atoms with E-state index in [0.717, 1.165) is 5.56 Å². The number of hydrogen-bond donors (Lipinski definition) is 0. The first-order chi connectivity index (χ1) is 14.5. The highest BCUT2D eigenvalue weighted by Crippen LogP contribution is 2.27. The topological polar surface area (TPSA) is 91.8 Å². The predicted octanol–water partition coefficient (Wildman–Crippen LogP) is 2.81. The second-order valence-electron chi connectivity index (χ2n) is 7.54. The summed E-state index contributed by atoms with van der Waals surface area (Å²) in [4.78, 5) is 14.6. The first-order valence-corrected chi connectivity index (χ1v) is 13.5. The molecule has 3 rings (SSSR count). The van der Waals surface area contributed by atoms with Gasteiger partial charge in [0.05, 0.1) is 27.0 Å². The summed E-state index contributed by atoms with van der Waals surface area (Å²) < 4.78 is 51.1. The van der Waals surface area contributed by atoms with E-state index in [4.69, 9.17) is 11.6 Å². The molecule has 1 heterocycles. The van der Waals surface area contributed by atoms with Crippen molar-refractivity contribution in [1.29, 1.82) is 0 Å². The van der Waals surface area contributed by atoms with Crippen LogP contribution in [0.5, 0.6) is 0 Å². The largest absolute Gasteiger partial charge is 0.335 e. The smallest absolute Gasteiger partial charge is 0.255 e. The molecule has 1 saturated heterocycles.